The van der Waals surface area contributed by atoms with Crippen molar-refractivity contribution in [3.8, 4) is 11.4 Å². The van der Waals surface area contributed by atoms with Gasteiger partial charge in [-0.3, -0.25) is 4.90 Å². The number of hydrogen-bond donors (Lipinski definition) is 0. The Hall–Kier alpha value is -1.50. The van der Waals surface area contributed by atoms with E-state index >= 15 is 0 Å². The van der Waals surface area contributed by atoms with Gasteiger partial charge in [-0.15, -0.1) is 0 Å². The predicted octanol–water partition coefficient (Wildman–Crippen LogP) is 2.60. The molecule has 0 radical (unpaired) electrons. The molecule has 118 valence electrons. The largest absolute Gasteiger partial charge is 0.376 e. The third-order valence-corrected chi connectivity index (χ3v) is 4.46. The highest BCUT2D eigenvalue weighted by Gasteiger charge is 2.18. The van der Waals surface area contributed by atoms with Crippen LogP contribution in [-0.2, 0) is 18.5 Å². The van der Waals surface area contributed by atoms with Gasteiger partial charge in [0.25, 0.3) is 0 Å². The number of rotatable bonds is 3. The van der Waals surface area contributed by atoms with Crippen LogP contribution < -0.4 is 0 Å². The Bertz CT molecular complexity index is 721. The smallest absolute Gasteiger partial charge is 0.199 e. The van der Waals surface area contributed by atoms with Crippen LogP contribution in [0.2, 0.25) is 0 Å². The summed E-state index contributed by atoms with van der Waals surface area (Å²) in [5.41, 5.74) is 2.32. The van der Waals surface area contributed by atoms with Gasteiger partial charge in [-0.05, 0) is 32.1 Å². The molecule has 0 unspecified atom stereocenters. The summed E-state index contributed by atoms with van der Waals surface area (Å²) in [6.07, 6.45) is 0.267. The maximum atomic E-state index is 5.58. The van der Waals surface area contributed by atoms with Crippen molar-refractivity contribution in [1.29, 1.82) is 0 Å². The molecule has 1 aliphatic heterocycles. The molecular weight excluding hydrogens is 296 g/mol. The molecule has 22 heavy (non-hydrogen) atoms. The lowest BCUT2D eigenvalue weighted by Crippen LogP contribution is -2.42. The van der Waals surface area contributed by atoms with Gasteiger partial charge in [-0.25, -0.2) is 4.68 Å². The van der Waals surface area contributed by atoms with Crippen LogP contribution in [0.15, 0.2) is 24.3 Å². The molecule has 0 aliphatic carbocycles. The third kappa shape index (κ3) is 3.14. The molecule has 2 aromatic rings. The van der Waals surface area contributed by atoms with Gasteiger partial charge in [-0.2, -0.15) is 5.10 Å². The van der Waals surface area contributed by atoms with Gasteiger partial charge in [-0.1, -0.05) is 23.8 Å². The number of aryl methyl sites for hydroxylation is 1. The SMILES string of the molecule is Cc1cccc(-c2nn(CN3CCO[C@@H](C)C3)c(=S)n2C)c1. The first kappa shape index (κ1) is 15.4. The second-order valence-corrected chi connectivity index (χ2v) is 6.30. The van der Waals surface area contributed by atoms with Gasteiger partial charge >= 0.3 is 0 Å². The molecule has 5 nitrogen and oxygen atoms in total. The van der Waals surface area contributed by atoms with Gasteiger partial charge in [0.15, 0.2) is 10.6 Å². The van der Waals surface area contributed by atoms with Crippen molar-refractivity contribution in [3.63, 3.8) is 0 Å². The fraction of sp³-hybridized carbons (Fsp3) is 0.500. The summed E-state index contributed by atoms with van der Waals surface area (Å²) in [6.45, 7) is 7.51. The standard InChI is InChI=1S/C16H22N4OS/c1-12-5-4-6-14(9-12)15-17-20(16(22)18(15)3)11-19-7-8-21-13(2)10-19/h4-6,9,13H,7-8,10-11H2,1-3H3/t13-/m0/s1. The zero-order valence-electron chi connectivity index (χ0n) is 13.3. The Kier molecular flexibility index (Phi) is 4.42. The van der Waals surface area contributed by atoms with Crippen molar-refractivity contribution < 1.29 is 4.74 Å². The quantitative estimate of drug-likeness (QED) is 0.815. The number of morpholine rings is 1. The number of benzene rings is 1. The lowest BCUT2D eigenvalue weighted by atomic mass is 10.1. The molecule has 1 aromatic carbocycles. The first-order valence-electron chi connectivity index (χ1n) is 7.59. The minimum Gasteiger partial charge on any atom is -0.376 e. The van der Waals surface area contributed by atoms with Gasteiger partial charge in [0.1, 0.15) is 0 Å². The van der Waals surface area contributed by atoms with Crippen molar-refractivity contribution >= 4 is 12.2 Å². The molecule has 1 aromatic heterocycles. The molecule has 2 heterocycles. The van der Waals surface area contributed by atoms with E-state index in [-0.39, 0.29) is 6.10 Å². The number of ether oxygens (including phenoxy) is 1. The van der Waals surface area contributed by atoms with Crippen LogP contribution in [0.25, 0.3) is 11.4 Å². The molecule has 0 spiro atoms. The molecule has 6 heteroatoms. The van der Waals surface area contributed by atoms with Gasteiger partial charge < -0.3 is 9.30 Å². The van der Waals surface area contributed by atoms with Crippen LogP contribution in [0.5, 0.6) is 0 Å². The molecule has 1 atom stereocenters. The minimum atomic E-state index is 0.267. The number of aromatic nitrogens is 3. The van der Waals surface area contributed by atoms with Crippen molar-refractivity contribution in [2.24, 2.45) is 7.05 Å². The van der Waals surface area contributed by atoms with Crippen LogP contribution in [0.3, 0.4) is 0 Å². The Morgan fingerprint density at radius 2 is 2.23 bits per heavy atom. The first-order valence-corrected chi connectivity index (χ1v) is 8.00. The highest BCUT2D eigenvalue weighted by Crippen LogP contribution is 2.19. The molecule has 1 saturated heterocycles. The molecule has 1 aliphatic rings. The minimum absolute atomic E-state index is 0.267. The fourth-order valence-corrected chi connectivity index (χ4v) is 3.01. The zero-order valence-corrected chi connectivity index (χ0v) is 14.1. The molecular formula is C16H22N4OS. The zero-order chi connectivity index (χ0) is 15.7. The summed E-state index contributed by atoms with van der Waals surface area (Å²) >= 11 is 5.55. The summed E-state index contributed by atoms with van der Waals surface area (Å²) in [5, 5.41) is 4.73. The number of nitrogens with zero attached hydrogens (tertiary/aromatic N) is 4. The van der Waals surface area contributed by atoms with Crippen molar-refractivity contribution in [2.45, 2.75) is 26.6 Å². The Morgan fingerprint density at radius 1 is 1.41 bits per heavy atom. The lowest BCUT2D eigenvalue weighted by molar-refractivity contribution is -0.0307. The van der Waals surface area contributed by atoms with Crippen LogP contribution >= 0.6 is 12.2 Å². The monoisotopic (exact) mass is 318 g/mol. The molecule has 1 fully saturated rings. The second kappa shape index (κ2) is 6.32. The molecule has 3 rings (SSSR count). The van der Waals surface area contributed by atoms with E-state index in [4.69, 9.17) is 22.1 Å². The summed E-state index contributed by atoms with van der Waals surface area (Å²) in [6, 6.07) is 8.35. The summed E-state index contributed by atoms with van der Waals surface area (Å²) in [5.74, 6) is 0.912. The van der Waals surface area contributed by atoms with E-state index in [0.717, 1.165) is 35.9 Å². The maximum absolute atomic E-state index is 5.58. The number of hydrogen-bond acceptors (Lipinski definition) is 4. The highest BCUT2D eigenvalue weighted by atomic mass is 32.1. The summed E-state index contributed by atoms with van der Waals surface area (Å²) < 4.78 is 10.2. The Morgan fingerprint density at radius 3 is 2.95 bits per heavy atom. The van der Waals surface area contributed by atoms with E-state index in [1.807, 2.05) is 16.3 Å². The molecule has 0 N–H and O–H groups in total. The van der Waals surface area contributed by atoms with E-state index < -0.39 is 0 Å². The third-order valence-electron chi connectivity index (χ3n) is 3.98. The predicted molar refractivity (Wildman–Crippen MR) is 89.2 cm³/mol. The topological polar surface area (TPSA) is 35.2 Å². The van der Waals surface area contributed by atoms with E-state index in [1.165, 1.54) is 5.56 Å². The highest BCUT2D eigenvalue weighted by molar-refractivity contribution is 7.71. The summed E-state index contributed by atoms with van der Waals surface area (Å²) in [7, 11) is 1.98. The molecule has 0 amide bonds. The fourth-order valence-electron chi connectivity index (χ4n) is 2.82. The van der Waals surface area contributed by atoms with Crippen LogP contribution in [-0.4, -0.2) is 45.0 Å². The van der Waals surface area contributed by atoms with Crippen LogP contribution in [0.4, 0.5) is 0 Å². The average molecular weight is 318 g/mol. The van der Waals surface area contributed by atoms with E-state index in [2.05, 4.69) is 43.0 Å². The molecule has 0 saturated carbocycles. The summed E-state index contributed by atoms with van der Waals surface area (Å²) in [4.78, 5) is 2.33. The van der Waals surface area contributed by atoms with E-state index in [9.17, 15) is 0 Å². The molecule has 0 bridgehead atoms. The Balaban J connectivity index is 1.88. The lowest BCUT2D eigenvalue weighted by Gasteiger charge is -2.30. The second-order valence-electron chi connectivity index (χ2n) is 5.93. The van der Waals surface area contributed by atoms with Gasteiger partial charge in [0, 0.05) is 25.7 Å². The van der Waals surface area contributed by atoms with Crippen molar-refractivity contribution in [2.75, 3.05) is 19.7 Å². The Labute approximate surface area is 136 Å². The van der Waals surface area contributed by atoms with Crippen molar-refractivity contribution in [1.82, 2.24) is 19.2 Å². The van der Waals surface area contributed by atoms with Crippen molar-refractivity contribution in [3.05, 3.63) is 34.6 Å². The van der Waals surface area contributed by atoms with Crippen LogP contribution in [0.1, 0.15) is 12.5 Å². The van der Waals surface area contributed by atoms with Crippen LogP contribution in [0, 0.1) is 11.7 Å². The maximum Gasteiger partial charge on any atom is 0.199 e. The normalized spacial score (nSPS) is 19.5. The average Bonchev–Trinajstić information content (AvgIpc) is 2.76. The van der Waals surface area contributed by atoms with Gasteiger partial charge in [0.2, 0.25) is 0 Å². The van der Waals surface area contributed by atoms with Gasteiger partial charge in [0.05, 0.1) is 19.4 Å². The van der Waals surface area contributed by atoms with E-state index in [0.29, 0.717) is 6.67 Å². The van der Waals surface area contributed by atoms with E-state index in [1.54, 1.807) is 0 Å². The first-order chi connectivity index (χ1) is 10.5.